The lowest BCUT2D eigenvalue weighted by Crippen LogP contribution is -2.29. The summed E-state index contributed by atoms with van der Waals surface area (Å²) in [6.45, 7) is 3.61. The third-order valence-corrected chi connectivity index (χ3v) is 5.40. The molecule has 3 aromatic rings. The first kappa shape index (κ1) is 22.4. The number of nitrogens with zero attached hydrogens (tertiary/aromatic N) is 2. The maximum absolute atomic E-state index is 13.1. The van der Waals surface area contributed by atoms with Gasteiger partial charge in [0.2, 0.25) is 5.91 Å². The van der Waals surface area contributed by atoms with Crippen LogP contribution in [0, 0.1) is 31.1 Å². The summed E-state index contributed by atoms with van der Waals surface area (Å²) < 4.78 is 7.15. The molecule has 8 heteroatoms. The van der Waals surface area contributed by atoms with Crippen molar-refractivity contribution in [2.24, 2.45) is 5.92 Å². The molecule has 1 atom stereocenters. The molecule has 1 N–H and O–H groups in total. The van der Waals surface area contributed by atoms with E-state index in [4.69, 9.17) is 27.9 Å². The van der Waals surface area contributed by atoms with Gasteiger partial charge in [0.25, 0.3) is 0 Å². The second-order valence-corrected chi connectivity index (χ2v) is 7.71. The van der Waals surface area contributed by atoms with Crippen LogP contribution in [0.4, 0.5) is 5.69 Å². The second kappa shape index (κ2) is 9.25. The molecule has 0 bridgehead atoms. The van der Waals surface area contributed by atoms with Crippen molar-refractivity contribution < 1.29 is 14.3 Å². The number of rotatable bonds is 6. The Hall–Kier alpha value is -3.27. The van der Waals surface area contributed by atoms with Gasteiger partial charge in [0, 0.05) is 33.7 Å². The Balaban J connectivity index is 1.92. The number of ketones is 1. The number of amides is 1. The minimum absolute atomic E-state index is 0.209. The standard InChI is InChI=1S/C23H19Cl2N3O3/c1-13-9-18(14(2)28(13)16-5-4-6-17(11-16)31-3)22(29)19(12-26)23(30)27-21-8-7-15(24)10-20(21)25/h4-11,19H,1-3H3,(H,27,30). The number of carbonyl (C=O) groups is 2. The number of nitriles is 1. The molecule has 1 amide bonds. The molecule has 1 heterocycles. The van der Waals surface area contributed by atoms with Crippen LogP contribution in [-0.2, 0) is 4.79 Å². The average Bonchev–Trinajstić information content (AvgIpc) is 3.04. The first-order valence-electron chi connectivity index (χ1n) is 9.30. The van der Waals surface area contributed by atoms with Crippen molar-refractivity contribution >= 4 is 40.6 Å². The molecule has 2 aromatic carbocycles. The van der Waals surface area contributed by atoms with Crippen molar-refractivity contribution in [1.82, 2.24) is 4.57 Å². The number of aromatic nitrogens is 1. The highest BCUT2D eigenvalue weighted by Crippen LogP contribution is 2.28. The second-order valence-electron chi connectivity index (χ2n) is 6.86. The molecule has 1 unspecified atom stereocenters. The SMILES string of the molecule is COc1cccc(-n2c(C)cc(C(=O)C(C#N)C(=O)Nc3ccc(Cl)cc3Cl)c2C)c1. The number of benzene rings is 2. The van der Waals surface area contributed by atoms with Gasteiger partial charge in [0.05, 0.1) is 23.9 Å². The van der Waals surface area contributed by atoms with Crippen LogP contribution in [0.25, 0.3) is 5.69 Å². The van der Waals surface area contributed by atoms with E-state index in [0.29, 0.717) is 22.0 Å². The van der Waals surface area contributed by atoms with Crippen LogP contribution >= 0.6 is 23.2 Å². The summed E-state index contributed by atoms with van der Waals surface area (Å²) in [6, 6.07) is 15.4. The Morgan fingerprint density at radius 1 is 1.13 bits per heavy atom. The number of carbonyl (C=O) groups excluding carboxylic acids is 2. The Bertz CT molecular complexity index is 1210. The van der Waals surface area contributed by atoms with Gasteiger partial charge in [-0.2, -0.15) is 5.26 Å². The number of hydrogen-bond donors (Lipinski definition) is 1. The zero-order chi connectivity index (χ0) is 22.7. The first-order valence-corrected chi connectivity index (χ1v) is 10.1. The monoisotopic (exact) mass is 455 g/mol. The minimum Gasteiger partial charge on any atom is -0.497 e. The maximum atomic E-state index is 13.1. The molecule has 0 saturated heterocycles. The zero-order valence-corrected chi connectivity index (χ0v) is 18.6. The molecule has 0 aliphatic heterocycles. The highest BCUT2D eigenvalue weighted by atomic mass is 35.5. The summed E-state index contributed by atoms with van der Waals surface area (Å²) in [5, 5.41) is 12.7. The molecule has 1 aromatic heterocycles. The summed E-state index contributed by atoms with van der Waals surface area (Å²) in [7, 11) is 1.58. The van der Waals surface area contributed by atoms with Crippen LogP contribution in [0.5, 0.6) is 5.75 Å². The van der Waals surface area contributed by atoms with Gasteiger partial charge in [-0.15, -0.1) is 0 Å². The molecule has 0 aliphatic carbocycles. The first-order chi connectivity index (χ1) is 14.8. The fourth-order valence-corrected chi connectivity index (χ4v) is 3.80. The van der Waals surface area contributed by atoms with Gasteiger partial charge in [-0.05, 0) is 50.2 Å². The molecule has 0 saturated carbocycles. The van der Waals surface area contributed by atoms with Crippen LogP contribution in [0.3, 0.4) is 0 Å². The van der Waals surface area contributed by atoms with Gasteiger partial charge < -0.3 is 14.6 Å². The lowest BCUT2D eigenvalue weighted by atomic mass is 9.98. The van der Waals surface area contributed by atoms with Crippen LogP contribution in [0.1, 0.15) is 21.7 Å². The summed E-state index contributed by atoms with van der Waals surface area (Å²) in [5.74, 6) is -2.21. The molecule has 0 aliphatic rings. The minimum atomic E-state index is -1.54. The Morgan fingerprint density at radius 3 is 2.52 bits per heavy atom. The molecule has 158 valence electrons. The van der Waals surface area contributed by atoms with Crippen LogP contribution in [-0.4, -0.2) is 23.4 Å². The maximum Gasteiger partial charge on any atom is 0.249 e. The van der Waals surface area contributed by atoms with E-state index in [2.05, 4.69) is 5.32 Å². The molecule has 3 rings (SSSR count). The van der Waals surface area contributed by atoms with Gasteiger partial charge in [-0.25, -0.2) is 0 Å². The molecule has 31 heavy (non-hydrogen) atoms. The number of hydrogen-bond acceptors (Lipinski definition) is 4. The van der Waals surface area contributed by atoms with Crippen LogP contribution in [0.2, 0.25) is 10.0 Å². The van der Waals surface area contributed by atoms with Crippen molar-refractivity contribution in [3.05, 3.63) is 75.5 Å². The van der Waals surface area contributed by atoms with E-state index < -0.39 is 17.6 Å². The quantitative estimate of drug-likeness (QED) is 0.399. The van der Waals surface area contributed by atoms with E-state index in [-0.39, 0.29) is 10.7 Å². The fraction of sp³-hybridized carbons (Fsp3) is 0.174. The van der Waals surface area contributed by atoms with E-state index in [9.17, 15) is 14.9 Å². The normalized spacial score (nSPS) is 11.5. The van der Waals surface area contributed by atoms with E-state index in [1.54, 1.807) is 32.2 Å². The lowest BCUT2D eigenvalue weighted by molar-refractivity contribution is -0.117. The molecule has 0 radical (unpaired) electrons. The van der Waals surface area contributed by atoms with Crippen molar-refractivity contribution in [3.63, 3.8) is 0 Å². The highest BCUT2D eigenvalue weighted by Gasteiger charge is 2.31. The van der Waals surface area contributed by atoms with Crippen molar-refractivity contribution in [1.29, 1.82) is 5.26 Å². The number of halogens is 2. The Morgan fingerprint density at radius 2 is 1.87 bits per heavy atom. The summed E-state index contributed by atoms with van der Waals surface area (Å²) in [4.78, 5) is 25.8. The fourth-order valence-electron chi connectivity index (χ4n) is 3.35. The number of aryl methyl sites for hydroxylation is 1. The van der Waals surface area contributed by atoms with Crippen molar-refractivity contribution in [3.8, 4) is 17.5 Å². The highest BCUT2D eigenvalue weighted by molar-refractivity contribution is 6.36. The largest absolute Gasteiger partial charge is 0.497 e. The third kappa shape index (κ3) is 4.58. The van der Waals surface area contributed by atoms with Gasteiger partial charge >= 0.3 is 0 Å². The topological polar surface area (TPSA) is 84.1 Å². The number of Topliss-reactive ketones (excluding diaryl/α,β-unsaturated/α-hetero) is 1. The van der Waals surface area contributed by atoms with Gasteiger partial charge in [0.1, 0.15) is 5.75 Å². The van der Waals surface area contributed by atoms with Crippen molar-refractivity contribution in [2.75, 3.05) is 12.4 Å². The molecular formula is C23H19Cl2N3O3. The van der Waals surface area contributed by atoms with Gasteiger partial charge in [0.15, 0.2) is 11.7 Å². The van der Waals surface area contributed by atoms with Gasteiger partial charge in [-0.3, -0.25) is 9.59 Å². The summed E-state index contributed by atoms with van der Waals surface area (Å²) in [5.41, 5.74) is 2.77. The average molecular weight is 456 g/mol. The third-order valence-electron chi connectivity index (χ3n) is 4.85. The predicted molar refractivity (Wildman–Crippen MR) is 120 cm³/mol. The molecular weight excluding hydrogens is 437 g/mol. The van der Waals surface area contributed by atoms with Gasteiger partial charge in [-0.1, -0.05) is 29.3 Å². The van der Waals surface area contributed by atoms with Crippen LogP contribution in [0.15, 0.2) is 48.5 Å². The van der Waals surface area contributed by atoms with Crippen LogP contribution < -0.4 is 10.1 Å². The van der Waals surface area contributed by atoms with Crippen molar-refractivity contribution in [2.45, 2.75) is 13.8 Å². The lowest BCUT2D eigenvalue weighted by Gasteiger charge is -2.13. The number of anilines is 1. The summed E-state index contributed by atoms with van der Waals surface area (Å²) in [6.07, 6.45) is 0. The number of methoxy groups -OCH3 is 1. The molecule has 0 fully saturated rings. The van der Waals surface area contributed by atoms with E-state index in [1.807, 2.05) is 35.8 Å². The zero-order valence-electron chi connectivity index (χ0n) is 17.1. The van der Waals surface area contributed by atoms with E-state index in [1.165, 1.54) is 12.1 Å². The Labute approximate surface area is 190 Å². The molecule has 6 nitrogen and oxygen atoms in total. The number of nitrogens with one attached hydrogen (secondary N) is 1. The Kier molecular flexibility index (Phi) is 6.69. The van der Waals surface area contributed by atoms with E-state index >= 15 is 0 Å². The predicted octanol–water partition coefficient (Wildman–Crippen LogP) is 5.37. The smallest absolute Gasteiger partial charge is 0.249 e. The number of ether oxygens (including phenoxy) is 1. The molecule has 0 spiro atoms. The van der Waals surface area contributed by atoms with E-state index in [0.717, 1.165) is 11.4 Å². The summed E-state index contributed by atoms with van der Waals surface area (Å²) >= 11 is 11.9.